The van der Waals surface area contributed by atoms with Crippen molar-refractivity contribution in [3.63, 3.8) is 0 Å². The van der Waals surface area contributed by atoms with Crippen molar-refractivity contribution in [1.29, 1.82) is 0 Å². The largest absolute Gasteiger partial charge is 0.573 e. The third-order valence-corrected chi connectivity index (χ3v) is 5.58. The Hall–Kier alpha value is -3.20. The molecule has 1 amide bonds. The monoisotopic (exact) mass is 465 g/mol. The Labute approximate surface area is 185 Å². The highest BCUT2D eigenvalue weighted by Gasteiger charge is 2.32. The lowest BCUT2D eigenvalue weighted by Gasteiger charge is -2.32. The average molecular weight is 466 g/mol. The predicted molar refractivity (Wildman–Crippen MR) is 115 cm³/mol. The number of benzene rings is 2. The van der Waals surface area contributed by atoms with Crippen molar-refractivity contribution in [1.82, 2.24) is 9.88 Å². The van der Waals surface area contributed by atoms with E-state index in [-0.39, 0.29) is 22.5 Å². The molecule has 2 heterocycles. The van der Waals surface area contributed by atoms with Gasteiger partial charge in [0.25, 0.3) is 5.91 Å². The average Bonchev–Trinajstić information content (AvgIpc) is 2.75. The summed E-state index contributed by atoms with van der Waals surface area (Å²) >= 11 is 5.90. The number of fused-ring (bicyclic) bond motifs is 1. The van der Waals surface area contributed by atoms with Crippen molar-refractivity contribution in [3.05, 3.63) is 69.5 Å². The van der Waals surface area contributed by atoms with Crippen LogP contribution in [-0.4, -0.2) is 41.3 Å². The molecule has 10 heteroatoms. The highest BCUT2D eigenvalue weighted by Crippen LogP contribution is 2.28. The van der Waals surface area contributed by atoms with Crippen LogP contribution in [0.5, 0.6) is 5.75 Å². The molecule has 168 valence electrons. The number of carbonyl (C=O) groups excluding carboxylic acids is 1. The second-order valence-electron chi connectivity index (χ2n) is 7.48. The number of likely N-dealkylation sites (tertiary alicyclic amines) is 1. The summed E-state index contributed by atoms with van der Waals surface area (Å²) in [6.07, 6.45) is -2.38. The van der Waals surface area contributed by atoms with E-state index in [0.29, 0.717) is 31.0 Å². The molecule has 3 aromatic rings. The van der Waals surface area contributed by atoms with Gasteiger partial charge in [-0.2, -0.15) is 0 Å². The number of nitrogens with zero attached hydrogens (tertiary/aromatic N) is 1. The molecule has 1 aromatic heterocycles. The lowest BCUT2D eigenvalue weighted by atomic mass is 10.0. The minimum atomic E-state index is -4.90. The number of rotatable bonds is 4. The molecule has 0 spiro atoms. The third kappa shape index (κ3) is 4.83. The van der Waals surface area contributed by atoms with Crippen molar-refractivity contribution in [2.75, 3.05) is 18.4 Å². The van der Waals surface area contributed by atoms with Gasteiger partial charge in [0.2, 0.25) is 5.43 Å². The molecule has 0 saturated carbocycles. The van der Waals surface area contributed by atoms with Crippen LogP contribution in [0.4, 0.5) is 18.9 Å². The lowest BCUT2D eigenvalue weighted by molar-refractivity contribution is -0.274. The zero-order valence-corrected chi connectivity index (χ0v) is 17.5. The first kappa shape index (κ1) is 22.0. The van der Waals surface area contributed by atoms with Crippen molar-refractivity contribution < 1.29 is 22.7 Å². The number of hydrogen-bond donors (Lipinski definition) is 2. The molecular formula is C22H19ClF3N3O3. The van der Waals surface area contributed by atoms with Gasteiger partial charge in [-0.1, -0.05) is 17.7 Å². The van der Waals surface area contributed by atoms with Gasteiger partial charge in [0.15, 0.2) is 5.75 Å². The summed E-state index contributed by atoms with van der Waals surface area (Å²) in [4.78, 5) is 30.0. The molecule has 1 saturated heterocycles. The number of aromatic amines is 1. The number of pyridine rings is 1. The van der Waals surface area contributed by atoms with Crippen molar-refractivity contribution >= 4 is 34.1 Å². The molecule has 0 aliphatic carbocycles. The smallest absolute Gasteiger partial charge is 0.404 e. The number of piperidine rings is 1. The summed E-state index contributed by atoms with van der Waals surface area (Å²) in [5, 5.41) is 4.00. The summed E-state index contributed by atoms with van der Waals surface area (Å²) in [5.74, 6) is -0.986. The van der Waals surface area contributed by atoms with E-state index in [0.717, 1.165) is 18.0 Å². The van der Waals surface area contributed by atoms with Crippen LogP contribution in [0, 0.1) is 0 Å². The van der Waals surface area contributed by atoms with E-state index in [1.54, 1.807) is 17.0 Å². The van der Waals surface area contributed by atoms with Gasteiger partial charge in [-0.05, 0) is 49.2 Å². The summed E-state index contributed by atoms with van der Waals surface area (Å²) in [6, 6.07) is 11.2. The van der Waals surface area contributed by atoms with Crippen LogP contribution < -0.4 is 15.5 Å². The van der Waals surface area contributed by atoms with Gasteiger partial charge in [-0.15, -0.1) is 13.2 Å². The third-order valence-electron chi connectivity index (χ3n) is 5.33. The van der Waals surface area contributed by atoms with E-state index in [1.807, 2.05) is 12.1 Å². The fourth-order valence-electron chi connectivity index (χ4n) is 3.77. The highest BCUT2D eigenvalue weighted by molar-refractivity contribution is 6.30. The molecule has 2 N–H and O–H groups in total. The molecular weight excluding hydrogens is 447 g/mol. The van der Waals surface area contributed by atoms with Crippen molar-refractivity contribution in [2.24, 2.45) is 0 Å². The predicted octanol–water partition coefficient (Wildman–Crippen LogP) is 4.80. The van der Waals surface area contributed by atoms with Gasteiger partial charge >= 0.3 is 6.36 Å². The second-order valence-corrected chi connectivity index (χ2v) is 7.91. The van der Waals surface area contributed by atoms with E-state index in [2.05, 4.69) is 15.0 Å². The number of ether oxygens (including phenoxy) is 1. The van der Waals surface area contributed by atoms with Crippen molar-refractivity contribution in [3.8, 4) is 5.75 Å². The maximum atomic E-state index is 12.9. The fraction of sp³-hybridized carbons (Fsp3) is 0.273. The van der Waals surface area contributed by atoms with Crippen LogP contribution in [0.1, 0.15) is 23.2 Å². The Bertz CT molecular complexity index is 1190. The highest BCUT2D eigenvalue weighted by atomic mass is 35.5. The number of hydrogen-bond acceptors (Lipinski definition) is 4. The summed E-state index contributed by atoms with van der Waals surface area (Å²) < 4.78 is 41.8. The van der Waals surface area contributed by atoms with Crippen molar-refractivity contribution in [2.45, 2.75) is 25.2 Å². The number of aromatic nitrogens is 1. The van der Waals surface area contributed by atoms with Gasteiger partial charge in [-0.25, -0.2) is 0 Å². The van der Waals surface area contributed by atoms with E-state index in [9.17, 15) is 22.8 Å². The first-order valence-electron chi connectivity index (χ1n) is 9.93. The number of H-pyrrole nitrogens is 1. The SMILES string of the molecule is O=C(c1c[nH]c2c(OC(F)(F)F)cccc2c1=O)N1CCC(Nc2ccc(Cl)cc2)CC1. The Morgan fingerprint density at radius 1 is 1.12 bits per heavy atom. The fourth-order valence-corrected chi connectivity index (χ4v) is 3.90. The summed E-state index contributed by atoms with van der Waals surface area (Å²) in [5.41, 5.74) is 0.0582. The van der Waals surface area contributed by atoms with Crippen LogP contribution in [0.3, 0.4) is 0 Å². The molecule has 32 heavy (non-hydrogen) atoms. The number of nitrogens with one attached hydrogen (secondary N) is 2. The van der Waals surface area contributed by atoms with Crippen LogP contribution in [0.2, 0.25) is 5.02 Å². The number of amides is 1. The van der Waals surface area contributed by atoms with E-state index in [4.69, 9.17) is 11.6 Å². The molecule has 1 aliphatic heterocycles. The zero-order chi connectivity index (χ0) is 22.9. The Morgan fingerprint density at radius 2 is 1.81 bits per heavy atom. The quantitative estimate of drug-likeness (QED) is 0.580. The molecule has 0 radical (unpaired) electrons. The van der Waals surface area contributed by atoms with Gasteiger partial charge in [0.1, 0.15) is 5.56 Å². The maximum absolute atomic E-state index is 12.9. The van der Waals surface area contributed by atoms with E-state index in [1.165, 1.54) is 12.1 Å². The topological polar surface area (TPSA) is 74.4 Å². The molecule has 0 unspecified atom stereocenters. The minimum absolute atomic E-state index is 0.0445. The van der Waals surface area contributed by atoms with Gasteiger partial charge in [-0.3, -0.25) is 9.59 Å². The molecule has 1 fully saturated rings. The molecule has 2 aromatic carbocycles. The first-order valence-corrected chi connectivity index (χ1v) is 10.3. The Kier molecular flexibility index (Phi) is 6.01. The molecule has 0 bridgehead atoms. The first-order chi connectivity index (χ1) is 15.2. The Morgan fingerprint density at radius 3 is 2.47 bits per heavy atom. The number of alkyl halides is 3. The summed E-state index contributed by atoms with van der Waals surface area (Å²) in [7, 11) is 0. The standard InChI is InChI=1S/C22H19ClF3N3O3/c23-13-4-6-14(7-5-13)28-15-8-10-29(11-9-15)21(31)17-12-27-19-16(20(17)30)2-1-3-18(19)32-22(24,25)26/h1-7,12,15,28H,8-11H2,(H,27,30). The van der Waals surface area contributed by atoms with Gasteiger partial charge in [0, 0.05) is 36.0 Å². The minimum Gasteiger partial charge on any atom is -0.404 e. The van der Waals surface area contributed by atoms with Gasteiger partial charge < -0.3 is 19.9 Å². The van der Waals surface area contributed by atoms with Crippen LogP contribution in [0.25, 0.3) is 10.9 Å². The maximum Gasteiger partial charge on any atom is 0.573 e. The zero-order valence-electron chi connectivity index (χ0n) is 16.7. The second kappa shape index (κ2) is 8.74. The molecule has 6 nitrogen and oxygen atoms in total. The van der Waals surface area contributed by atoms with Gasteiger partial charge in [0.05, 0.1) is 10.9 Å². The Balaban J connectivity index is 1.48. The van der Waals surface area contributed by atoms with Crippen LogP contribution in [0.15, 0.2) is 53.5 Å². The van der Waals surface area contributed by atoms with E-state index < -0.39 is 23.4 Å². The van der Waals surface area contributed by atoms with E-state index >= 15 is 0 Å². The number of halogens is 4. The normalized spacial score (nSPS) is 15.1. The molecule has 4 rings (SSSR count). The van der Waals surface area contributed by atoms with Crippen LogP contribution in [-0.2, 0) is 0 Å². The number of carbonyl (C=O) groups is 1. The lowest BCUT2D eigenvalue weighted by Crippen LogP contribution is -2.43. The molecule has 1 aliphatic rings. The number of para-hydroxylation sites is 1. The summed E-state index contributed by atoms with van der Waals surface area (Å²) in [6.45, 7) is 0.886. The number of anilines is 1. The molecule has 0 atom stereocenters. The van der Waals surface area contributed by atoms with Crippen LogP contribution >= 0.6 is 11.6 Å².